The number of aromatic nitrogens is 2. The van der Waals surface area contributed by atoms with Crippen LogP contribution in [-0.4, -0.2) is 53.4 Å². The van der Waals surface area contributed by atoms with Gasteiger partial charge in [-0.05, 0) is 56.7 Å². The summed E-state index contributed by atoms with van der Waals surface area (Å²) in [5, 5.41) is 7.26. The molecule has 0 saturated heterocycles. The molecule has 2 aliphatic rings. The predicted octanol–water partition coefficient (Wildman–Crippen LogP) is 3.89. The van der Waals surface area contributed by atoms with E-state index in [4.69, 9.17) is 4.74 Å². The molecule has 1 fully saturated rings. The van der Waals surface area contributed by atoms with Gasteiger partial charge in [0, 0.05) is 31.8 Å². The number of hydrogen-bond acceptors (Lipinski definition) is 5. The second kappa shape index (κ2) is 10.3. The van der Waals surface area contributed by atoms with Gasteiger partial charge in [0.05, 0.1) is 29.7 Å². The van der Waals surface area contributed by atoms with Crippen molar-refractivity contribution in [1.29, 1.82) is 0 Å². The second-order valence-electron chi connectivity index (χ2n) is 9.12. The first-order valence-electron chi connectivity index (χ1n) is 12.1. The highest BCUT2D eigenvalue weighted by Crippen LogP contribution is 2.39. The summed E-state index contributed by atoms with van der Waals surface area (Å²) in [6.45, 7) is 6.55. The Balaban J connectivity index is 1.64. The van der Waals surface area contributed by atoms with Crippen LogP contribution in [0.25, 0.3) is 11.1 Å². The number of nitrogens with one attached hydrogen (secondary N) is 1. The van der Waals surface area contributed by atoms with Crippen molar-refractivity contribution in [2.45, 2.75) is 71.1 Å². The first-order chi connectivity index (χ1) is 16.4. The number of benzene rings is 1. The Morgan fingerprint density at radius 3 is 2.71 bits per heavy atom. The number of amides is 3. The minimum atomic E-state index is -0.359. The number of anilines is 2. The third kappa shape index (κ3) is 4.78. The molecule has 0 radical (unpaired) electrons. The Hall–Kier alpha value is -3.36. The second-order valence-corrected chi connectivity index (χ2v) is 9.12. The number of hydrogen-bond donors (Lipinski definition) is 1. The van der Waals surface area contributed by atoms with Gasteiger partial charge in [-0.1, -0.05) is 13.0 Å². The molecule has 4 rings (SSSR count). The predicted molar refractivity (Wildman–Crippen MR) is 130 cm³/mol. The van der Waals surface area contributed by atoms with Gasteiger partial charge in [-0.3, -0.25) is 19.2 Å². The van der Waals surface area contributed by atoms with Crippen molar-refractivity contribution in [3.63, 3.8) is 0 Å². The quantitative estimate of drug-likeness (QED) is 0.469. The van der Waals surface area contributed by atoms with Gasteiger partial charge < -0.3 is 15.0 Å². The zero-order valence-corrected chi connectivity index (χ0v) is 20.1. The van der Waals surface area contributed by atoms with Crippen molar-refractivity contribution in [1.82, 2.24) is 15.1 Å². The first-order valence-corrected chi connectivity index (χ1v) is 12.1. The molecule has 9 nitrogen and oxygen atoms in total. The van der Waals surface area contributed by atoms with E-state index >= 15 is 0 Å². The number of fused-ring (bicyclic) bond motifs is 1. The molecule has 0 bridgehead atoms. The Morgan fingerprint density at radius 1 is 1.26 bits per heavy atom. The molecule has 3 amide bonds. The van der Waals surface area contributed by atoms with Crippen molar-refractivity contribution in [3.05, 3.63) is 30.6 Å². The summed E-state index contributed by atoms with van der Waals surface area (Å²) in [4.78, 5) is 39.4. The summed E-state index contributed by atoms with van der Waals surface area (Å²) in [6, 6.07) is 5.81. The van der Waals surface area contributed by atoms with E-state index in [1.165, 1.54) is 0 Å². The standard InChI is InChI=1S/C25H33N5O4/c1-4-21(10-11-26-16-31)29-15-20(13-27-29)19-8-9-23-24(12-19)28(14-17(2)30(23)18(3)32)25(33)34-22-6-5-7-22/h8-9,12-13,15-17,21-22H,4-7,10-11,14H2,1-3H3,(H,26,31). The number of ether oxygens (including phenoxy) is 1. The smallest absolute Gasteiger partial charge is 0.414 e. The van der Waals surface area contributed by atoms with Crippen molar-refractivity contribution in [2.24, 2.45) is 0 Å². The summed E-state index contributed by atoms with van der Waals surface area (Å²) in [6.07, 6.45) is 8.70. The fourth-order valence-electron chi connectivity index (χ4n) is 4.67. The third-order valence-electron chi connectivity index (χ3n) is 6.78. The van der Waals surface area contributed by atoms with Crippen LogP contribution in [0.2, 0.25) is 0 Å². The van der Waals surface area contributed by atoms with Crippen LogP contribution in [0.15, 0.2) is 30.6 Å². The molecule has 9 heteroatoms. The molecule has 1 aliphatic carbocycles. The van der Waals surface area contributed by atoms with E-state index in [-0.39, 0.29) is 30.2 Å². The monoisotopic (exact) mass is 467 g/mol. The Morgan fingerprint density at radius 2 is 2.06 bits per heavy atom. The average Bonchev–Trinajstić information content (AvgIpc) is 3.28. The molecular formula is C25H33N5O4. The highest BCUT2D eigenvalue weighted by molar-refractivity contribution is 6.03. The van der Waals surface area contributed by atoms with E-state index in [1.54, 1.807) is 16.7 Å². The molecule has 2 aromatic rings. The van der Waals surface area contributed by atoms with Gasteiger partial charge in [-0.25, -0.2) is 4.79 Å². The molecule has 182 valence electrons. The SMILES string of the molecule is CCC(CCNC=O)n1cc(-c2ccc3c(c2)N(C(=O)OC2CCC2)CC(C)N3C(C)=O)cn1. The van der Waals surface area contributed by atoms with Gasteiger partial charge in [0.2, 0.25) is 12.3 Å². The maximum Gasteiger partial charge on any atom is 0.414 e. The van der Waals surface area contributed by atoms with E-state index in [1.807, 2.05) is 42.2 Å². The lowest BCUT2D eigenvalue weighted by Gasteiger charge is -2.41. The lowest BCUT2D eigenvalue weighted by Crippen LogP contribution is -2.52. The third-order valence-corrected chi connectivity index (χ3v) is 6.78. The van der Waals surface area contributed by atoms with Crippen LogP contribution in [-0.2, 0) is 14.3 Å². The number of carbonyl (C=O) groups excluding carboxylic acids is 3. The van der Waals surface area contributed by atoms with Gasteiger partial charge >= 0.3 is 6.09 Å². The van der Waals surface area contributed by atoms with Gasteiger partial charge in [-0.2, -0.15) is 5.10 Å². The summed E-state index contributed by atoms with van der Waals surface area (Å²) in [5.41, 5.74) is 3.21. The zero-order chi connectivity index (χ0) is 24.2. The molecule has 1 aliphatic heterocycles. The van der Waals surface area contributed by atoms with Crippen LogP contribution in [0, 0.1) is 0 Å². The van der Waals surface area contributed by atoms with Gasteiger partial charge in [0.15, 0.2) is 0 Å². The van der Waals surface area contributed by atoms with Crippen molar-refractivity contribution in [2.75, 3.05) is 22.9 Å². The van der Waals surface area contributed by atoms with Crippen molar-refractivity contribution in [3.8, 4) is 11.1 Å². The molecule has 1 aromatic carbocycles. The summed E-state index contributed by atoms with van der Waals surface area (Å²) >= 11 is 0. The molecule has 2 heterocycles. The van der Waals surface area contributed by atoms with Crippen LogP contribution in [0.1, 0.15) is 58.9 Å². The summed E-state index contributed by atoms with van der Waals surface area (Å²) in [5.74, 6) is -0.0592. The van der Waals surface area contributed by atoms with Crippen LogP contribution >= 0.6 is 0 Å². The minimum absolute atomic E-state index is 0.0156. The maximum atomic E-state index is 13.0. The van der Waals surface area contributed by atoms with E-state index in [0.717, 1.165) is 43.2 Å². The van der Waals surface area contributed by atoms with Crippen molar-refractivity contribution < 1.29 is 19.1 Å². The number of rotatable bonds is 8. The molecule has 2 atom stereocenters. The van der Waals surface area contributed by atoms with Gasteiger partial charge in [-0.15, -0.1) is 0 Å². The van der Waals surface area contributed by atoms with E-state index < -0.39 is 0 Å². The lowest BCUT2D eigenvalue weighted by molar-refractivity contribution is -0.117. The first kappa shape index (κ1) is 23.8. The lowest BCUT2D eigenvalue weighted by atomic mass is 9.96. The zero-order valence-electron chi connectivity index (χ0n) is 20.1. The van der Waals surface area contributed by atoms with Crippen LogP contribution < -0.4 is 15.1 Å². The molecular weight excluding hydrogens is 434 g/mol. The summed E-state index contributed by atoms with van der Waals surface area (Å²) in [7, 11) is 0. The topological polar surface area (TPSA) is 96.8 Å². The maximum absolute atomic E-state index is 13.0. The molecule has 0 spiro atoms. The van der Waals surface area contributed by atoms with Crippen LogP contribution in [0.4, 0.5) is 16.2 Å². The molecule has 1 aromatic heterocycles. The molecule has 1 N–H and O–H groups in total. The van der Waals surface area contributed by atoms with E-state index in [9.17, 15) is 14.4 Å². The fourth-order valence-corrected chi connectivity index (χ4v) is 4.67. The van der Waals surface area contributed by atoms with Gasteiger partial charge in [0.1, 0.15) is 6.10 Å². The number of nitrogens with zero attached hydrogens (tertiary/aromatic N) is 4. The van der Waals surface area contributed by atoms with Crippen LogP contribution in [0.3, 0.4) is 0 Å². The normalized spacial score (nSPS) is 18.6. The number of carbonyl (C=O) groups is 3. The molecule has 34 heavy (non-hydrogen) atoms. The largest absolute Gasteiger partial charge is 0.446 e. The highest BCUT2D eigenvalue weighted by atomic mass is 16.6. The minimum Gasteiger partial charge on any atom is -0.446 e. The highest BCUT2D eigenvalue weighted by Gasteiger charge is 2.36. The van der Waals surface area contributed by atoms with Crippen LogP contribution in [0.5, 0.6) is 0 Å². The van der Waals surface area contributed by atoms with Gasteiger partial charge in [0.25, 0.3) is 0 Å². The Labute approximate surface area is 200 Å². The van der Waals surface area contributed by atoms with E-state index in [2.05, 4.69) is 17.3 Å². The Kier molecular flexibility index (Phi) is 7.19. The van der Waals surface area contributed by atoms with E-state index in [0.29, 0.717) is 30.9 Å². The molecule has 2 unspecified atom stereocenters. The summed E-state index contributed by atoms with van der Waals surface area (Å²) < 4.78 is 7.63. The molecule has 1 saturated carbocycles. The average molecular weight is 468 g/mol. The van der Waals surface area contributed by atoms with Crippen molar-refractivity contribution >= 4 is 29.8 Å². The fraction of sp³-hybridized carbons (Fsp3) is 0.520. The Bertz CT molecular complexity index is 1050.